The Morgan fingerprint density at radius 3 is 2.38 bits per heavy atom. The van der Waals surface area contributed by atoms with Crippen molar-refractivity contribution in [3.8, 4) is 0 Å². The highest BCUT2D eigenvalue weighted by Gasteiger charge is 2.49. The van der Waals surface area contributed by atoms with E-state index >= 15 is 0 Å². The lowest BCUT2D eigenvalue weighted by atomic mass is 9.96. The Bertz CT molecular complexity index is 426. The summed E-state index contributed by atoms with van der Waals surface area (Å²) in [7, 11) is 0. The van der Waals surface area contributed by atoms with Gasteiger partial charge in [0.25, 0.3) is 0 Å². The van der Waals surface area contributed by atoms with Crippen LogP contribution in [0.5, 0.6) is 0 Å². The van der Waals surface area contributed by atoms with Gasteiger partial charge in [-0.2, -0.15) is 0 Å². The molecule has 1 fully saturated rings. The van der Waals surface area contributed by atoms with Gasteiger partial charge in [-0.05, 0) is 42.4 Å². The number of halogens is 2. The van der Waals surface area contributed by atoms with Crippen LogP contribution in [0.1, 0.15) is 37.4 Å². The van der Waals surface area contributed by atoms with E-state index in [2.05, 4.69) is 13.8 Å². The maximum atomic E-state index is 13.7. The molecule has 2 unspecified atom stereocenters. The first kappa shape index (κ1) is 11.5. The first-order valence-corrected chi connectivity index (χ1v) is 5.54. The number of aryl methyl sites for hydroxylation is 1. The molecule has 0 amide bonds. The highest BCUT2D eigenvalue weighted by molar-refractivity contribution is 5.29. The standard InChI is InChI=1S/C13H17F2N/c1-7-4-11(15)8(5-10(7)14)12(16)9-6-13(9,2)3/h4-5,9,12H,6,16H2,1-3H3. The van der Waals surface area contributed by atoms with Crippen molar-refractivity contribution in [3.05, 3.63) is 34.9 Å². The first-order chi connectivity index (χ1) is 7.33. The molecule has 1 saturated carbocycles. The Labute approximate surface area is 94.7 Å². The molecule has 1 aromatic rings. The van der Waals surface area contributed by atoms with Gasteiger partial charge in [-0.3, -0.25) is 0 Å². The van der Waals surface area contributed by atoms with Gasteiger partial charge in [0.15, 0.2) is 0 Å². The molecule has 0 aromatic heterocycles. The van der Waals surface area contributed by atoms with E-state index in [-0.39, 0.29) is 17.2 Å². The molecule has 0 spiro atoms. The van der Waals surface area contributed by atoms with Crippen molar-refractivity contribution in [1.29, 1.82) is 0 Å². The Balaban J connectivity index is 2.31. The van der Waals surface area contributed by atoms with Crippen molar-refractivity contribution in [2.45, 2.75) is 33.2 Å². The second-order valence-electron chi connectivity index (χ2n) is 5.45. The smallest absolute Gasteiger partial charge is 0.128 e. The molecule has 1 aliphatic rings. The number of rotatable bonds is 2. The molecular formula is C13H17F2N. The molecule has 16 heavy (non-hydrogen) atoms. The summed E-state index contributed by atoms with van der Waals surface area (Å²) in [4.78, 5) is 0. The summed E-state index contributed by atoms with van der Waals surface area (Å²) in [5.41, 5.74) is 6.78. The van der Waals surface area contributed by atoms with Gasteiger partial charge in [0.05, 0.1) is 0 Å². The van der Waals surface area contributed by atoms with Gasteiger partial charge in [0.1, 0.15) is 11.6 Å². The van der Waals surface area contributed by atoms with Crippen molar-refractivity contribution >= 4 is 0 Å². The summed E-state index contributed by atoms with van der Waals surface area (Å²) in [5, 5.41) is 0. The Hall–Kier alpha value is -0.960. The highest BCUT2D eigenvalue weighted by Crippen LogP contribution is 2.57. The van der Waals surface area contributed by atoms with E-state index in [1.807, 2.05) is 0 Å². The highest BCUT2D eigenvalue weighted by atomic mass is 19.1. The Kier molecular flexibility index (Phi) is 2.54. The van der Waals surface area contributed by atoms with E-state index in [4.69, 9.17) is 5.73 Å². The lowest BCUT2D eigenvalue weighted by Crippen LogP contribution is -2.17. The maximum absolute atomic E-state index is 13.7. The van der Waals surface area contributed by atoms with Crippen molar-refractivity contribution in [3.63, 3.8) is 0 Å². The van der Waals surface area contributed by atoms with Crippen LogP contribution < -0.4 is 5.73 Å². The van der Waals surface area contributed by atoms with Gasteiger partial charge in [0, 0.05) is 11.6 Å². The summed E-state index contributed by atoms with van der Waals surface area (Å²) < 4.78 is 27.0. The SMILES string of the molecule is Cc1cc(F)c(C(N)C2CC2(C)C)cc1F. The molecule has 1 aromatic carbocycles. The van der Waals surface area contributed by atoms with Crippen molar-refractivity contribution in [1.82, 2.24) is 0 Å². The normalized spacial score (nSPS) is 24.2. The summed E-state index contributed by atoms with van der Waals surface area (Å²) in [5.74, 6) is -0.525. The van der Waals surface area contributed by atoms with Crippen LogP contribution >= 0.6 is 0 Å². The van der Waals surface area contributed by atoms with E-state index in [0.29, 0.717) is 11.1 Å². The van der Waals surface area contributed by atoms with E-state index < -0.39 is 11.9 Å². The number of nitrogens with two attached hydrogens (primary N) is 1. The largest absolute Gasteiger partial charge is 0.324 e. The van der Waals surface area contributed by atoms with E-state index in [1.165, 1.54) is 12.1 Å². The molecule has 1 aliphatic carbocycles. The molecule has 0 saturated heterocycles. The zero-order chi connectivity index (χ0) is 12.1. The van der Waals surface area contributed by atoms with Crippen LogP contribution in [0.15, 0.2) is 12.1 Å². The van der Waals surface area contributed by atoms with Gasteiger partial charge in [0.2, 0.25) is 0 Å². The molecule has 0 heterocycles. The van der Waals surface area contributed by atoms with Crippen molar-refractivity contribution in [2.24, 2.45) is 17.1 Å². The summed E-state index contributed by atoms with van der Waals surface area (Å²) in [6.45, 7) is 5.74. The molecule has 1 nitrogen and oxygen atoms in total. The monoisotopic (exact) mass is 225 g/mol. The van der Waals surface area contributed by atoms with Crippen LogP contribution in [0.3, 0.4) is 0 Å². The lowest BCUT2D eigenvalue weighted by Gasteiger charge is -2.15. The third kappa shape index (κ3) is 1.84. The van der Waals surface area contributed by atoms with E-state index in [9.17, 15) is 8.78 Å². The molecule has 2 atom stereocenters. The van der Waals surface area contributed by atoms with Gasteiger partial charge in [-0.15, -0.1) is 0 Å². The molecule has 2 rings (SSSR count). The fourth-order valence-corrected chi connectivity index (χ4v) is 2.25. The summed E-state index contributed by atoms with van der Waals surface area (Å²) in [6, 6.07) is 2.06. The summed E-state index contributed by atoms with van der Waals surface area (Å²) >= 11 is 0. The second kappa shape index (κ2) is 3.52. The van der Waals surface area contributed by atoms with E-state index in [1.54, 1.807) is 6.92 Å². The molecule has 2 N–H and O–H groups in total. The molecule has 3 heteroatoms. The molecule has 0 aliphatic heterocycles. The molecule has 88 valence electrons. The van der Waals surface area contributed by atoms with Gasteiger partial charge >= 0.3 is 0 Å². The van der Waals surface area contributed by atoms with E-state index in [0.717, 1.165) is 6.42 Å². The van der Waals surface area contributed by atoms with Crippen LogP contribution in [0.2, 0.25) is 0 Å². The molecule has 0 bridgehead atoms. The average Bonchev–Trinajstić information content (AvgIpc) is 2.80. The lowest BCUT2D eigenvalue weighted by molar-refractivity contribution is 0.469. The van der Waals surface area contributed by atoms with Crippen LogP contribution in [-0.4, -0.2) is 0 Å². The van der Waals surface area contributed by atoms with Crippen LogP contribution in [0.4, 0.5) is 8.78 Å². The minimum Gasteiger partial charge on any atom is -0.324 e. The minimum atomic E-state index is -0.398. The molecular weight excluding hydrogens is 208 g/mol. The fraction of sp³-hybridized carbons (Fsp3) is 0.538. The fourth-order valence-electron chi connectivity index (χ4n) is 2.25. The second-order valence-corrected chi connectivity index (χ2v) is 5.45. The van der Waals surface area contributed by atoms with Crippen LogP contribution in [-0.2, 0) is 0 Å². The zero-order valence-electron chi connectivity index (χ0n) is 9.85. The van der Waals surface area contributed by atoms with Crippen LogP contribution in [0.25, 0.3) is 0 Å². The third-order valence-electron chi connectivity index (χ3n) is 3.66. The van der Waals surface area contributed by atoms with Gasteiger partial charge in [-0.25, -0.2) is 8.78 Å². The zero-order valence-corrected chi connectivity index (χ0v) is 9.85. The first-order valence-electron chi connectivity index (χ1n) is 5.54. The minimum absolute atomic E-state index is 0.160. The van der Waals surface area contributed by atoms with Gasteiger partial charge < -0.3 is 5.73 Å². The predicted molar refractivity (Wildman–Crippen MR) is 59.9 cm³/mol. The third-order valence-corrected chi connectivity index (χ3v) is 3.66. The topological polar surface area (TPSA) is 26.0 Å². The quantitative estimate of drug-likeness (QED) is 0.821. The van der Waals surface area contributed by atoms with Crippen molar-refractivity contribution < 1.29 is 8.78 Å². The Morgan fingerprint density at radius 2 is 1.88 bits per heavy atom. The Morgan fingerprint density at radius 1 is 1.31 bits per heavy atom. The average molecular weight is 225 g/mol. The predicted octanol–water partition coefficient (Wildman–Crippen LogP) is 3.32. The molecule has 0 radical (unpaired) electrons. The number of hydrogen-bond donors (Lipinski definition) is 1. The van der Waals surface area contributed by atoms with Gasteiger partial charge in [-0.1, -0.05) is 13.8 Å². The summed E-state index contributed by atoms with van der Waals surface area (Å²) in [6.07, 6.45) is 0.975. The number of hydrogen-bond acceptors (Lipinski definition) is 1. The van der Waals surface area contributed by atoms with Crippen molar-refractivity contribution in [2.75, 3.05) is 0 Å². The van der Waals surface area contributed by atoms with Crippen LogP contribution in [0, 0.1) is 29.9 Å². The number of benzene rings is 1. The maximum Gasteiger partial charge on any atom is 0.128 e.